The van der Waals surface area contributed by atoms with Gasteiger partial charge in [-0.1, -0.05) is 0 Å². The highest BCUT2D eigenvalue weighted by Gasteiger charge is 2.30. The molecule has 1 aliphatic heterocycles. The van der Waals surface area contributed by atoms with Crippen molar-refractivity contribution >= 4 is 17.4 Å². The number of halogens is 1. The van der Waals surface area contributed by atoms with E-state index in [4.69, 9.17) is 4.74 Å². The van der Waals surface area contributed by atoms with Crippen LogP contribution in [0.5, 0.6) is 5.75 Å². The third-order valence-electron chi connectivity index (χ3n) is 4.75. The van der Waals surface area contributed by atoms with Crippen LogP contribution in [0.2, 0.25) is 0 Å². The molecule has 4 rings (SSSR count). The summed E-state index contributed by atoms with van der Waals surface area (Å²) in [6, 6.07) is 5.57. The molecule has 3 heterocycles. The van der Waals surface area contributed by atoms with Crippen molar-refractivity contribution in [2.24, 2.45) is 0 Å². The number of phenolic OH excluding ortho intramolecular Hbond substituents is 1. The van der Waals surface area contributed by atoms with Gasteiger partial charge < -0.3 is 14.7 Å². The second kappa shape index (κ2) is 6.86. The van der Waals surface area contributed by atoms with Gasteiger partial charge in [-0.2, -0.15) is 5.10 Å². The molecule has 27 heavy (non-hydrogen) atoms. The zero-order chi connectivity index (χ0) is 19.0. The van der Waals surface area contributed by atoms with E-state index in [-0.39, 0.29) is 18.4 Å². The second-order valence-corrected chi connectivity index (χ2v) is 6.39. The summed E-state index contributed by atoms with van der Waals surface area (Å²) >= 11 is 0. The van der Waals surface area contributed by atoms with Crippen LogP contribution in [0.4, 0.5) is 10.2 Å². The van der Waals surface area contributed by atoms with Crippen molar-refractivity contribution in [2.75, 3.05) is 18.1 Å². The molecule has 0 unspecified atom stereocenters. The molecule has 1 N–H and O–H groups in total. The van der Waals surface area contributed by atoms with Gasteiger partial charge in [0.1, 0.15) is 22.9 Å². The van der Waals surface area contributed by atoms with E-state index in [1.165, 1.54) is 28.9 Å². The topological polar surface area (TPSA) is 80.0 Å². The highest BCUT2D eigenvalue weighted by atomic mass is 19.1. The maximum absolute atomic E-state index is 13.7. The summed E-state index contributed by atoms with van der Waals surface area (Å²) in [7, 11) is 0. The molecule has 8 heteroatoms. The third-order valence-corrected chi connectivity index (χ3v) is 4.75. The van der Waals surface area contributed by atoms with Crippen LogP contribution in [0.3, 0.4) is 0 Å². The number of esters is 1. The molecule has 140 valence electrons. The summed E-state index contributed by atoms with van der Waals surface area (Å²) in [6.45, 7) is 2.72. The SMILES string of the molecule is CCOC(=O)c1cnn2ccc(N3CCC[C@@H]3c3cc(F)ccc3O)nc12. The molecule has 1 fully saturated rings. The van der Waals surface area contributed by atoms with Gasteiger partial charge in [0.25, 0.3) is 0 Å². The number of benzene rings is 1. The number of ether oxygens (including phenoxy) is 1. The molecule has 0 saturated carbocycles. The Balaban J connectivity index is 1.73. The maximum atomic E-state index is 13.7. The number of carbonyl (C=O) groups excluding carboxylic acids is 1. The van der Waals surface area contributed by atoms with Gasteiger partial charge in [0.05, 0.1) is 18.8 Å². The van der Waals surface area contributed by atoms with Crippen LogP contribution in [0.1, 0.15) is 41.7 Å². The quantitative estimate of drug-likeness (QED) is 0.711. The van der Waals surface area contributed by atoms with Crippen LogP contribution >= 0.6 is 0 Å². The standard InChI is InChI=1S/C19H19FN4O3/c1-2-27-19(26)14-11-21-24-9-7-17(22-18(14)24)23-8-3-4-15(23)13-10-12(20)5-6-16(13)25/h5-7,9-11,15,25H,2-4,8H2,1H3/t15-/m1/s1. The van der Waals surface area contributed by atoms with Crippen LogP contribution in [-0.2, 0) is 4.74 Å². The van der Waals surface area contributed by atoms with Crippen molar-refractivity contribution in [3.8, 4) is 5.75 Å². The molecular formula is C19H19FN4O3. The first-order chi connectivity index (χ1) is 13.1. The number of carbonyl (C=O) groups is 1. The van der Waals surface area contributed by atoms with Gasteiger partial charge in [-0.05, 0) is 44.0 Å². The second-order valence-electron chi connectivity index (χ2n) is 6.39. The fourth-order valence-corrected chi connectivity index (χ4v) is 3.53. The Morgan fingerprint density at radius 1 is 1.41 bits per heavy atom. The Hall–Kier alpha value is -3.16. The third kappa shape index (κ3) is 3.07. The molecule has 0 bridgehead atoms. The molecule has 2 aromatic heterocycles. The number of hydrogen-bond acceptors (Lipinski definition) is 6. The molecule has 1 aliphatic rings. The van der Waals surface area contributed by atoms with Crippen molar-refractivity contribution in [3.63, 3.8) is 0 Å². The summed E-state index contributed by atoms with van der Waals surface area (Å²) in [5, 5.41) is 14.3. The smallest absolute Gasteiger partial charge is 0.343 e. The van der Waals surface area contributed by atoms with Gasteiger partial charge in [0, 0.05) is 18.3 Å². The first kappa shape index (κ1) is 17.3. The van der Waals surface area contributed by atoms with Crippen molar-refractivity contribution in [1.82, 2.24) is 14.6 Å². The molecule has 0 aliphatic carbocycles. The van der Waals surface area contributed by atoms with Crippen molar-refractivity contribution in [1.29, 1.82) is 0 Å². The van der Waals surface area contributed by atoms with E-state index >= 15 is 0 Å². The van der Waals surface area contributed by atoms with E-state index in [2.05, 4.69) is 10.1 Å². The Bertz CT molecular complexity index is 1000. The summed E-state index contributed by atoms with van der Waals surface area (Å²) in [6.07, 6.45) is 4.82. The maximum Gasteiger partial charge on any atom is 0.343 e. The van der Waals surface area contributed by atoms with E-state index in [9.17, 15) is 14.3 Å². The Labute approximate surface area is 155 Å². The highest BCUT2D eigenvalue weighted by Crippen LogP contribution is 2.39. The molecule has 0 spiro atoms. The van der Waals surface area contributed by atoms with Crippen molar-refractivity contribution in [3.05, 3.63) is 53.6 Å². The number of fused-ring (bicyclic) bond motifs is 1. The van der Waals surface area contributed by atoms with Gasteiger partial charge >= 0.3 is 5.97 Å². The van der Waals surface area contributed by atoms with Crippen LogP contribution in [0, 0.1) is 5.82 Å². The number of anilines is 1. The Morgan fingerprint density at radius 3 is 3.07 bits per heavy atom. The van der Waals surface area contributed by atoms with Crippen LogP contribution in [-0.4, -0.2) is 38.8 Å². The number of hydrogen-bond donors (Lipinski definition) is 1. The number of aromatic nitrogens is 3. The first-order valence-electron chi connectivity index (χ1n) is 8.85. The minimum atomic E-state index is -0.474. The predicted octanol–water partition coefficient (Wildman–Crippen LogP) is 3.09. The monoisotopic (exact) mass is 370 g/mol. The van der Waals surface area contributed by atoms with Crippen LogP contribution in [0.15, 0.2) is 36.7 Å². The zero-order valence-corrected chi connectivity index (χ0v) is 14.8. The largest absolute Gasteiger partial charge is 0.508 e. The van der Waals surface area contributed by atoms with E-state index in [1.54, 1.807) is 19.2 Å². The first-order valence-corrected chi connectivity index (χ1v) is 8.85. The lowest BCUT2D eigenvalue weighted by Crippen LogP contribution is -2.24. The molecular weight excluding hydrogens is 351 g/mol. The summed E-state index contributed by atoms with van der Waals surface area (Å²) < 4.78 is 20.3. The lowest BCUT2D eigenvalue weighted by molar-refractivity contribution is 0.0528. The van der Waals surface area contributed by atoms with Gasteiger partial charge in [0.2, 0.25) is 0 Å². The molecule has 1 saturated heterocycles. The predicted molar refractivity (Wildman–Crippen MR) is 96.3 cm³/mol. The fourth-order valence-electron chi connectivity index (χ4n) is 3.53. The van der Waals surface area contributed by atoms with E-state index in [0.29, 0.717) is 29.1 Å². The summed E-state index contributed by atoms with van der Waals surface area (Å²) in [5.41, 5.74) is 1.23. The molecule has 1 atom stereocenters. The van der Waals surface area contributed by atoms with Gasteiger partial charge in [-0.15, -0.1) is 0 Å². The summed E-state index contributed by atoms with van der Waals surface area (Å²) in [4.78, 5) is 18.7. The Kier molecular flexibility index (Phi) is 4.39. The molecule has 3 aromatic rings. The average Bonchev–Trinajstić information content (AvgIpc) is 3.30. The van der Waals surface area contributed by atoms with Gasteiger partial charge in [-0.25, -0.2) is 18.7 Å². The average molecular weight is 370 g/mol. The molecule has 0 radical (unpaired) electrons. The minimum Gasteiger partial charge on any atom is -0.508 e. The number of nitrogens with zero attached hydrogens (tertiary/aromatic N) is 4. The van der Waals surface area contributed by atoms with Crippen molar-refractivity contribution < 1.29 is 19.0 Å². The fraction of sp³-hybridized carbons (Fsp3) is 0.316. The van der Waals surface area contributed by atoms with Crippen LogP contribution in [0.25, 0.3) is 5.65 Å². The number of phenols is 1. The van der Waals surface area contributed by atoms with E-state index in [1.807, 2.05) is 4.90 Å². The van der Waals surface area contributed by atoms with Crippen LogP contribution < -0.4 is 4.90 Å². The zero-order valence-electron chi connectivity index (χ0n) is 14.8. The molecule has 1 aromatic carbocycles. The van der Waals surface area contributed by atoms with E-state index in [0.717, 1.165) is 12.8 Å². The van der Waals surface area contributed by atoms with Gasteiger partial charge in [-0.3, -0.25) is 0 Å². The molecule has 0 amide bonds. The molecule has 7 nitrogen and oxygen atoms in total. The van der Waals surface area contributed by atoms with Gasteiger partial charge in [0.15, 0.2) is 5.65 Å². The normalized spacial score (nSPS) is 16.8. The minimum absolute atomic E-state index is 0.0611. The summed E-state index contributed by atoms with van der Waals surface area (Å²) in [5.74, 6) is -0.165. The Morgan fingerprint density at radius 2 is 2.26 bits per heavy atom. The highest BCUT2D eigenvalue weighted by molar-refractivity contribution is 5.95. The lowest BCUT2D eigenvalue weighted by Gasteiger charge is -2.26. The number of aromatic hydroxyl groups is 1. The lowest BCUT2D eigenvalue weighted by atomic mass is 10.0. The van der Waals surface area contributed by atoms with Crippen molar-refractivity contribution in [2.45, 2.75) is 25.8 Å². The van der Waals surface area contributed by atoms with E-state index < -0.39 is 11.8 Å². The number of rotatable bonds is 4.